The van der Waals surface area contributed by atoms with Gasteiger partial charge in [-0.05, 0) is 48.1 Å². The highest BCUT2D eigenvalue weighted by atomic mass is 16.5. The van der Waals surface area contributed by atoms with Crippen LogP contribution in [0.15, 0.2) is 48.5 Å². The van der Waals surface area contributed by atoms with E-state index >= 15 is 0 Å². The Morgan fingerprint density at radius 1 is 0.950 bits per heavy atom. The third-order valence-electron chi connectivity index (χ3n) is 4.15. The molecule has 4 rings (SSSR count). The summed E-state index contributed by atoms with van der Waals surface area (Å²) in [7, 11) is 0. The van der Waals surface area contributed by atoms with E-state index in [1.165, 1.54) is 29.5 Å². The number of hydrogen-bond acceptors (Lipinski definition) is 2. The van der Waals surface area contributed by atoms with E-state index in [0.717, 1.165) is 18.7 Å². The molecule has 102 valence electrons. The van der Waals surface area contributed by atoms with Crippen molar-refractivity contribution < 1.29 is 4.74 Å². The number of benzene rings is 2. The highest BCUT2D eigenvalue weighted by Gasteiger charge is 2.24. The molecule has 1 heterocycles. The average molecular weight is 265 g/mol. The molecule has 20 heavy (non-hydrogen) atoms. The largest absolute Gasteiger partial charge is 0.490 e. The SMILES string of the molecule is c1ccc2c(c1)CCNC2c1ccc(OC2CC2)cc1. The van der Waals surface area contributed by atoms with Crippen LogP contribution >= 0.6 is 0 Å². The fourth-order valence-electron chi connectivity index (χ4n) is 2.92. The minimum Gasteiger partial charge on any atom is -0.490 e. The highest BCUT2D eigenvalue weighted by molar-refractivity contribution is 5.41. The third kappa shape index (κ3) is 2.32. The molecule has 2 aliphatic rings. The van der Waals surface area contributed by atoms with E-state index < -0.39 is 0 Å². The molecule has 1 saturated carbocycles. The molecule has 1 aliphatic carbocycles. The van der Waals surface area contributed by atoms with Gasteiger partial charge in [0.05, 0.1) is 12.1 Å². The van der Waals surface area contributed by atoms with E-state index in [4.69, 9.17) is 4.74 Å². The van der Waals surface area contributed by atoms with Crippen LogP contribution in [0.5, 0.6) is 5.75 Å². The van der Waals surface area contributed by atoms with Gasteiger partial charge in [0.25, 0.3) is 0 Å². The first-order valence-corrected chi connectivity index (χ1v) is 7.48. The highest BCUT2D eigenvalue weighted by Crippen LogP contribution is 2.31. The zero-order chi connectivity index (χ0) is 13.4. The molecule has 1 atom stereocenters. The van der Waals surface area contributed by atoms with E-state index in [-0.39, 0.29) is 0 Å². The number of ether oxygens (including phenoxy) is 1. The summed E-state index contributed by atoms with van der Waals surface area (Å²) in [6.45, 7) is 1.04. The van der Waals surface area contributed by atoms with Crippen molar-refractivity contribution in [3.8, 4) is 5.75 Å². The van der Waals surface area contributed by atoms with E-state index in [1.807, 2.05) is 0 Å². The van der Waals surface area contributed by atoms with Crippen molar-refractivity contribution >= 4 is 0 Å². The lowest BCUT2D eigenvalue weighted by Gasteiger charge is -2.27. The van der Waals surface area contributed by atoms with Crippen LogP contribution in [0.25, 0.3) is 0 Å². The van der Waals surface area contributed by atoms with Crippen molar-refractivity contribution in [1.82, 2.24) is 5.32 Å². The van der Waals surface area contributed by atoms with Gasteiger partial charge in [-0.15, -0.1) is 0 Å². The summed E-state index contributed by atoms with van der Waals surface area (Å²) >= 11 is 0. The molecule has 1 N–H and O–H groups in total. The van der Waals surface area contributed by atoms with Crippen LogP contribution in [0.3, 0.4) is 0 Å². The lowest BCUT2D eigenvalue weighted by molar-refractivity contribution is 0.303. The minimum atomic E-state index is 0.315. The summed E-state index contributed by atoms with van der Waals surface area (Å²) in [4.78, 5) is 0. The van der Waals surface area contributed by atoms with Gasteiger partial charge in [0.1, 0.15) is 5.75 Å². The molecular formula is C18H19NO. The Balaban J connectivity index is 1.61. The minimum absolute atomic E-state index is 0.315. The molecule has 2 aromatic carbocycles. The van der Waals surface area contributed by atoms with Gasteiger partial charge in [0.2, 0.25) is 0 Å². The first kappa shape index (κ1) is 12.0. The first-order chi connectivity index (χ1) is 9.90. The fourth-order valence-corrected chi connectivity index (χ4v) is 2.92. The quantitative estimate of drug-likeness (QED) is 0.917. The Morgan fingerprint density at radius 2 is 1.75 bits per heavy atom. The maximum absolute atomic E-state index is 5.82. The molecule has 2 heteroatoms. The topological polar surface area (TPSA) is 21.3 Å². The summed E-state index contributed by atoms with van der Waals surface area (Å²) < 4.78 is 5.82. The Hall–Kier alpha value is -1.80. The molecule has 0 saturated heterocycles. The molecule has 2 aromatic rings. The van der Waals surface area contributed by atoms with Crippen LogP contribution in [0.4, 0.5) is 0 Å². The zero-order valence-corrected chi connectivity index (χ0v) is 11.5. The van der Waals surface area contributed by atoms with Crippen molar-refractivity contribution in [1.29, 1.82) is 0 Å². The second-order valence-electron chi connectivity index (χ2n) is 5.72. The summed E-state index contributed by atoms with van der Waals surface area (Å²) in [6.07, 6.45) is 4.00. The third-order valence-corrected chi connectivity index (χ3v) is 4.15. The van der Waals surface area contributed by atoms with Crippen molar-refractivity contribution in [3.05, 3.63) is 65.2 Å². The Labute approximate surface area is 119 Å². The molecule has 2 nitrogen and oxygen atoms in total. The second kappa shape index (κ2) is 4.95. The van der Waals surface area contributed by atoms with E-state index in [1.54, 1.807) is 0 Å². The van der Waals surface area contributed by atoms with E-state index in [2.05, 4.69) is 53.8 Å². The van der Waals surface area contributed by atoms with Crippen LogP contribution in [-0.4, -0.2) is 12.6 Å². The zero-order valence-electron chi connectivity index (χ0n) is 11.5. The number of fused-ring (bicyclic) bond motifs is 1. The van der Waals surface area contributed by atoms with Gasteiger partial charge in [0, 0.05) is 6.54 Å². The Kier molecular flexibility index (Phi) is 2.96. The maximum Gasteiger partial charge on any atom is 0.119 e. The lowest BCUT2D eigenvalue weighted by Crippen LogP contribution is -2.30. The van der Waals surface area contributed by atoms with Gasteiger partial charge in [0.15, 0.2) is 0 Å². The summed E-state index contributed by atoms with van der Waals surface area (Å²) in [6, 6.07) is 17.6. The molecule has 0 spiro atoms. The number of rotatable bonds is 3. The van der Waals surface area contributed by atoms with Crippen molar-refractivity contribution in [2.75, 3.05) is 6.54 Å². The van der Waals surface area contributed by atoms with Gasteiger partial charge in [-0.1, -0.05) is 36.4 Å². The van der Waals surface area contributed by atoms with Crippen molar-refractivity contribution in [2.45, 2.75) is 31.4 Å². The predicted octanol–water partition coefficient (Wildman–Crippen LogP) is 3.46. The van der Waals surface area contributed by atoms with Crippen LogP contribution < -0.4 is 10.1 Å². The number of hydrogen-bond donors (Lipinski definition) is 1. The average Bonchev–Trinajstić information content (AvgIpc) is 3.32. The molecule has 1 aliphatic heterocycles. The van der Waals surface area contributed by atoms with Crippen LogP contribution in [0, 0.1) is 0 Å². The van der Waals surface area contributed by atoms with Crippen LogP contribution in [0.1, 0.15) is 35.6 Å². The second-order valence-corrected chi connectivity index (χ2v) is 5.72. The number of nitrogens with one attached hydrogen (secondary N) is 1. The van der Waals surface area contributed by atoms with Crippen molar-refractivity contribution in [3.63, 3.8) is 0 Å². The van der Waals surface area contributed by atoms with Gasteiger partial charge in [-0.3, -0.25) is 0 Å². The monoisotopic (exact) mass is 265 g/mol. The van der Waals surface area contributed by atoms with Gasteiger partial charge < -0.3 is 10.1 Å². The molecule has 0 amide bonds. The van der Waals surface area contributed by atoms with E-state index in [9.17, 15) is 0 Å². The Morgan fingerprint density at radius 3 is 2.55 bits per heavy atom. The van der Waals surface area contributed by atoms with Gasteiger partial charge in [-0.2, -0.15) is 0 Å². The molecule has 0 radical (unpaired) electrons. The molecule has 0 bridgehead atoms. The van der Waals surface area contributed by atoms with E-state index in [0.29, 0.717) is 12.1 Å². The molecule has 0 aromatic heterocycles. The fraction of sp³-hybridized carbons (Fsp3) is 0.333. The molecular weight excluding hydrogens is 246 g/mol. The molecule has 1 unspecified atom stereocenters. The van der Waals surface area contributed by atoms with Crippen LogP contribution in [0.2, 0.25) is 0 Å². The smallest absolute Gasteiger partial charge is 0.119 e. The lowest BCUT2D eigenvalue weighted by atomic mass is 9.90. The summed E-state index contributed by atoms with van der Waals surface area (Å²) in [5.41, 5.74) is 4.20. The van der Waals surface area contributed by atoms with Crippen molar-refractivity contribution in [2.24, 2.45) is 0 Å². The predicted molar refractivity (Wildman–Crippen MR) is 80.1 cm³/mol. The normalized spacial score (nSPS) is 21.3. The first-order valence-electron chi connectivity index (χ1n) is 7.48. The summed E-state index contributed by atoms with van der Waals surface area (Å²) in [5.74, 6) is 1.00. The van der Waals surface area contributed by atoms with Gasteiger partial charge >= 0.3 is 0 Å². The van der Waals surface area contributed by atoms with Crippen LogP contribution in [-0.2, 0) is 6.42 Å². The maximum atomic E-state index is 5.82. The summed E-state index contributed by atoms with van der Waals surface area (Å²) in [5, 5.41) is 3.62. The Bertz CT molecular complexity index is 601. The molecule has 1 fully saturated rings. The van der Waals surface area contributed by atoms with Gasteiger partial charge in [-0.25, -0.2) is 0 Å². The standard InChI is InChI=1S/C18H19NO/c1-2-4-17-13(3-1)11-12-19-18(17)14-5-7-15(8-6-14)20-16-9-10-16/h1-8,16,18-19H,9-12H2.